The van der Waals surface area contributed by atoms with Crippen LogP contribution >= 0.6 is 0 Å². The average Bonchev–Trinajstić information content (AvgIpc) is 2.36. The van der Waals surface area contributed by atoms with E-state index in [1.807, 2.05) is 0 Å². The van der Waals surface area contributed by atoms with Crippen LogP contribution in [-0.2, 0) is 4.79 Å². The second-order valence-electron chi connectivity index (χ2n) is 2.98. The molecule has 0 aliphatic carbocycles. The largest absolute Gasteiger partial charge is 0.493 e. The van der Waals surface area contributed by atoms with Crippen molar-refractivity contribution in [3.63, 3.8) is 0 Å². The topological polar surface area (TPSA) is 84.3 Å². The highest BCUT2D eigenvalue weighted by atomic mass is 16.5. The van der Waals surface area contributed by atoms with Crippen molar-refractivity contribution < 1.29 is 14.3 Å². The Morgan fingerprint density at radius 3 is 2.65 bits per heavy atom. The smallest absolute Gasteiger partial charge is 0.242 e. The summed E-state index contributed by atoms with van der Waals surface area (Å²) in [5, 5.41) is 2.91. The first-order valence-electron chi connectivity index (χ1n) is 4.70. The van der Waals surface area contributed by atoms with Crippen molar-refractivity contribution in [3.05, 3.63) is 40.3 Å². The number of carbonyl (C=O) groups excluding carboxylic acids is 1. The molecule has 88 valence electrons. The Bertz CT molecular complexity index is 491. The molecule has 0 radical (unpaired) electrons. The molecule has 17 heavy (non-hydrogen) atoms. The fourth-order valence-electron chi connectivity index (χ4n) is 1.20. The summed E-state index contributed by atoms with van der Waals surface area (Å²) < 4.78 is 10.2. The zero-order valence-electron chi connectivity index (χ0n) is 9.45. The van der Waals surface area contributed by atoms with Crippen molar-refractivity contribution in [1.82, 2.24) is 0 Å². The van der Waals surface area contributed by atoms with Gasteiger partial charge in [-0.05, 0) is 34.4 Å². The Hall–Kier alpha value is -2.46. The molecule has 6 nitrogen and oxygen atoms in total. The van der Waals surface area contributed by atoms with Crippen molar-refractivity contribution in [3.8, 4) is 11.5 Å². The lowest BCUT2D eigenvalue weighted by molar-refractivity contribution is -0.113. The molecule has 6 heteroatoms. The molecule has 0 atom stereocenters. The number of rotatable bonds is 4. The minimum atomic E-state index is -0.651. The number of benzene rings is 1. The quantitative estimate of drug-likeness (QED) is 0.346. The molecule has 0 spiro atoms. The number of amides is 1. The maximum absolute atomic E-state index is 10.9. The standard InChI is InChI=1S/C11H11N3O3/c1-16-9-5-3-8(7-10(9)17-2)4-6-11(15)13-14-12/h3-7H,1-2H3. The summed E-state index contributed by atoms with van der Waals surface area (Å²) in [4.78, 5) is 13.3. The van der Waals surface area contributed by atoms with Crippen LogP contribution in [0.2, 0.25) is 0 Å². The second kappa shape index (κ2) is 6.19. The van der Waals surface area contributed by atoms with Crippen LogP contribution in [0.3, 0.4) is 0 Å². The van der Waals surface area contributed by atoms with Gasteiger partial charge in [-0.25, -0.2) is 0 Å². The van der Waals surface area contributed by atoms with E-state index in [1.165, 1.54) is 19.3 Å². The Labute approximate surface area is 98.1 Å². The van der Waals surface area contributed by atoms with Crippen molar-refractivity contribution in [2.45, 2.75) is 0 Å². The maximum atomic E-state index is 10.9. The molecule has 1 aromatic carbocycles. The molecule has 0 N–H and O–H groups in total. The third-order valence-electron chi connectivity index (χ3n) is 1.97. The molecular weight excluding hydrogens is 222 g/mol. The van der Waals surface area contributed by atoms with Crippen molar-refractivity contribution in [2.75, 3.05) is 14.2 Å². The normalized spacial score (nSPS) is 9.76. The molecule has 1 aromatic rings. The van der Waals surface area contributed by atoms with Gasteiger partial charge in [0.05, 0.1) is 14.2 Å². The van der Waals surface area contributed by atoms with Gasteiger partial charge in [-0.3, -0.25) is 4.79 Å². The van der Waals surface area contributed by atoms with Gasteiger partial charge in [-0.2, -0.15) is 0 Å². The van der Waals surface area contributed by atoms with Crippen LogP contribution < -0.4 is 9.47 Å². The summed E-state index contributed by atoms with van der Waals surface area (Å²) >= 11 is 0. The highest BCUT2D eigenvalue weighted by molar-refractivity contribution is 5.92. The molecule has 0 saturated heterocycles. The minimum Gasteiger partial charge on any atom is -0.493 e. The SMILES string of the molecule is COc1ccc(C=CC(=O)N=[N+]=[N-])cc1OC. The van der Waals surface area contributed by atoms with Crippen LogP contribution in [0.5, 0.6) is 11.5 Å². The van der Waals surface area contributed by atoms with Crippen LogP contribution in [0, 0.1) is 0 Å². The van der Waals surface area contributed by atoms with Gasteiger partial charge in [0.25, 0.3) is 0 Å². The molecule has 0 unspecified atom stereocenters. The number of hydrogen-bond donors (Lipinski definition) is 0. The van der Waals surface area contributed by atoms with Crippen LogP contribution in [0.4, 0.5) is 0 Å². The first kappa shape index (κ1) is 12.6. The predicted molar refractivity (Wildman–Crippen MR) is 62.7 cm³/mol. The van der Waals surface area contributed by atoms with E-state index in [1.54, 1.807) is 25.3 Å². The molecule has 0 saturated carbocycles. The number of nitrogens with zero attached hydrogens (tertiary/aromatic N) is 3. The van der Waals surface area contributed by atoms with Gasteiger partial charge in [0, 0.05) is 4.91 Å². The van der Waals surface area contributed by atoms with E-state index in [4.69, 9.17) is 15.0 Å². The lowest BCUT2D eigenvalue weighted by atomic mass is 10.2. The number of carbonyl (C=O) groups is 1. The van der Waals surface area contributed by atoms with E-state index in [0.29, 0.717) is 11.5 Å². The Kier molecular flexibility index (Phi) is 4.59. The van der Waals surface area contributed by atoms with Crippen LogP contribution in [0.1, 0.15) is 5.56 Å². The number of methoxy groups -OCH3 is 2. The Balaban J connectivity index is 2.93. The van der Waals surface area contributed by atoms with E-state index in [0.717, 1.165) is 5.56 Å². The van der Waals surface area contributed by atoms with Crippen LogP contribution in [0.15, 0.2) is 29.4 Å². The third kappa shape index (κ3) is 3.55. The lowest BCUT2D eigenvalue weighted by Crippen LogP contribution is -1.90. The highest BCUT2D eigenvalue weighted by Crippen LogP contribution is 2.27. The van der Waals surface area contributed by atoms with Crippen molar-refractivity contribution in [1.29, 1.82) is 0 Å². The van der Waals surface area contributed by atoms with E-state index in [-0.39, 0.29) is 0 Å². The predicted octanol–water partition coefficient (Wildman–Crippen LogP) is 2.55. The van der Waals surface area contributed by atoms with E-state index >= 15 is 0 Å². The minimum absolute atomic E-state index is 0.561. The van der Waals surface area contributed by atoms with Crippen molar-refractivity contribution >= 4 is 12.0 Å². The molecule has 1 amide bonds. The fourth-order valence-corrected chi connectivity index (χ4v) is 1.20. The number of hydrogen-bond acceptors (Lipinski definition) is 3. The summed E-state index contributed by atoms with van der Waals surface area (Å²) in [6.45, 7) is 0. The van der Waals surface area contributed by atoms with Gasteiger partial charge >= 0.3 is 0 Å². The lowest BCUT2D eigenvalue weighted by Gasteiger charge is -2.07. The first-order chi connectivity index (χ1) is 8.21. The van der Waals surface area contributed by atoms with Gasteiger partial charge < -0.3 is 9.47 Å². The zero-order chi connectivity index (χ0) is 12.7. The summed E-state index contributed by atoms with van der Waals surface area (Å²) in [6.07, 6.45) is 2.71. The first-order valence-corrected chi connectivity index (χ1v) is 4.70. The van der Waals surface area contributed by atoms with Crippen LogP contribution in [-0.4, -0.2) is 20.1 Å². The summed E-state index contributed by atoms with van der Waals surface area (Å²) in [5.41, 5.74) is 8.79. The van der Waals surface area contributed by atoms with E-state index in [9.17, 15) is 4.79 Å². The second-order valence-corrected chi connectivity index (χ2v) is 2.98. The highest BCUT2D eigenvalue weighted by Gasteiger charge is 2.02. The van der Waals surface area contributed by atoms with Gasteiger partial charge in [-0.1, -0.05) is 12.1 Å². The van der Waals surface area contributed by atoms with E-state index < -0.39 is 5.91 Å². The number of azide groups is 1. The third-order valence-corrected chi connectivity index (χ3v) is 1.97. The van der Waals surface area contributed by atoms with Gasteiger partial charge in [0.15, 0.2) is 11.5 Å². The molecule has 0 aliphatic rings. The molecule has 0 bridgehead atoms. The van der Waals surface area contributed by atoms with Gasteiger partial charge in [-0.15, -0.1) is 0 Å². The summed E-state index contributed by atoms with van der Waals surface area (Å²) in [5.74, 6) is 0.513. The molecular formula is C11H11N3O3. The van der Waals surface area contributed by atoms with Crippen molar-refractivity contribution in [2.24, 2.45) is 5.11 Å². The summed E-state index contributed by atoms with van der Waals surface area (Å²) in [6, 6.07) is 5.18. The zero-order valence-corrected chi connectivity index (χ0v) is 9.45. The molecule has 0 fully saturated rings. The van der Waals surface area contributed by atoms with Gasteiger partial charge in [0.2, 0.25) is 5.91 Å². The van der Waals surface area contributed by atoms with E-state index in [2.05, 4.69) is 10.0 Å². The molecule has 0 aromatic heterocycles. The Morgan fingerprint density at radius 1 is 1.35 bits per heavy atom. The fraction of sp³-hybridized carbons (Fsp3) is 0.182. The number of ether oxygens (including phenoxy) is 2. The van der Waals surface area contributed by atoms with Gasteiger partial charge in [0.1, 0.15) is 0 Å². The average molecular weight is 233 g/mol. The molecule has 0 aliphatic heterocycles. The summed E-state index contributed by atoms with van der Waals surface area (Å²) in [7, 11) is 3.06. The van der Waals surface area contributed by atoms with Crippen LogP contribution in [0.25, 0.3) is 16.5 Å². The molecule has 1 rings (SSSR count). The molecule has 0 heterocycles. The maximum Gasteiger partial charge on any atom is 0.242 e. The Morgan fingerprint density at radius 2 is 2.06 bits per heavy atom. The monoisotopic (exact) mass is 233 g/mol.